The molecule has 0 saturated carbocycles. The van der Waals surface area contributed by atoms with E-state index >= 15 is 0 Å². The van der Waals surface area contributed by atoms with E-state index in [1.807, 2.05) is 19.1 Å². The second-order valence-electron chi connectivity index (χ2n) is 3.28. The first-order chi connectivity index (χ1) is 7.63. The van der Waals surface area contributed by atoms with Crippen LogP contribution in [0.3, 0.4) is 0 Å². The summed E-state index contributed by atoms with van der Waals surface area (Å²) in [7, 11) is 1.32. The summed E-state index contributed by atoms with van der Waals surface area (Å²) in [6, 6.07) is 5.54. The molecule has 0 atom stereocenters. The summed E-state index contributed by atoms with van der Waals surface area (Å²) in [5.41, 5.74) is 1.99. The predicted molar refractivity (Wildman–Crippen MR) is 61.3 cm³/mol. The standard InChI is InChI=1S/C12H12ClNO2/c1-3-8-4-5-11(13)10(7-14)9(8)6-12(15)16-2/h4-5H,3,6H2,1-2H3. The summed E-state index contributed by atoms with van der Waals surface area (Å²) >= 11 is 5.91. The lowest BCUT2D eigenvalue weighted by molar-refractivity contribution is -0.139. The van der Waals surface area contributed by atoms with Gasteiger partial charge in [0.2, 0.25) is 0 Å². The smallest absolute Gasteiger partial charge is 0.310 e. The number of carbonyl (C=O) groups excluding carboxylic acids is 1. The van der Waals surface area contributed by atoms with E-state index < -0.39 is 0 Å². The normalized spacial score (nSPS) is 9.62. The SMILES string of the molecule is CCc1ccc(Cl)c(C#N)c1CC(=O)OC. The number of methoxy groups -OCH3 is 1. The molecule has 0 aliphatic carbocycles. The van der Waals surface area contributed by atoms with Crippen molar-refractivity contribution < 1.29 is 9.53 Å². The number of nitrogens with zero attached hydrogens (tertiary/aromatic N) is 1. The maximum absolute atomic E-state index is 11.3. The van der Waals surface area contributed by atoms with Crippen LogP contribution in [0.5, 0.6) is 0 Å². The molecule has 0 bridgehead atoms. The summed E-state index contributed by atoms with van der Waals surface area (Å²) in [6.45, 7) is 1.96. The Kier molecular flexibility index (Phi) is 4.33. The fraction of sp³-hybridized carbons (Fsp3) is 0.333. The Balaban J connectivity index is 3.26. The molecule has 0 N–H and O–H groups in total. The number of hydrogen-bond donors (Lipinski definition) is 0. The largest absolute Gasteiger partial charge is 0.469 e. The minimum atomic E-state index is -0.367. The lowest BCUT2D eigenvalue weighted by atomic mass is 9.97. The summed E-state index contributed by atoms with van der Waals surface area (Å²) in [5.74, 6) is -0.367. The molecule has 0 aliphatic rings. The Morgan fingerprint density at radius 2 is 2.25 bits per heavy atom. The molecule has 0 aliphatic heterocycles. The molecule has 84 valence electrons. The fourth-order valence-corrected chi connectivity index (χ4v) is 1.75. The number of hydrogen-bond acceptors (Lipinski definition) is 3. The Bertz CT molecular complexity index is 449. The maximum atomic E-state index is 11.3. The second kappa shape index (κ2) is 5.53. The minimum Gasteiger partial charge on any atom is -0.469 e. The monoisotopic (exact) mass is 237 g/mol. The topological polar surface area (TPSA) is 50.1 Å². The second-order valence-corrected chi connectivity index (χ2v) is 3.69. The zero-order chi connectivity index (χ0) is 12.1. The molecular weight excluding hydrogens is 226 g/mol. The van der Waals surface area contributed by atoms with E-state index in [2.05, 4.69) is 4.74 Å². The van der Waals surface area contributed by atoms with Crippen LogP contribution in [0.15, 0.2) is 12.1 Å². The Labute approximate surface area is 99.6 Å². The van der Waals surface area contributed by atoms with Gasteiger partial charge in [0.05, 0.1) is 24.1 Å². The molecule has 1 rings (SSSR count). The molecule has 1 aromatic carbocycles. The average Bonchev–Trinajstić information content (AvgIpc) is 2.29. The first-order valence-electron chi connectivity index (χ1n) is 4.91. The van der Waals surface area contributed by atoms with E-state index in [0.717, 1.165) is 12.0 Å². The van der Waals surface area contributed by atoms with Gasteiger partial charge in [-0.05, 0) is 23.6 Å². The number of benzene rings is 1. The molecule has 1 aromatic rings. The maximum Gasteiger partial charge on any atom is 0.310 e. The van der Waals surface area contributed by atoms with Crippen molar-refractivity contribution >= 4 is 17.6 Å². The molecule has 0 radical (unpaired) electrons. The molecule has 0 heterocycles. The van der Waals surface area contributed by atoms with Crippen LogP contribution in [0.1, 0.15) is 23.6 Å². The van der Waals surface area contributed by atoms with Gasteiger partial charge in [-0.15, -0.1) is 0 Å². The van der Waals surface area contributed by atoms with E-state index in [9.17, 15) is 4.79 Å². The Morgan fingerprint density at radius 1 is 1.56 bits per heavy atom. The van der Waals surface area contributed by atoms with E-state index in [-0.39, 0.29) is 12.4 Å². The average molecular weight is 238 g/mol. The van der Waals surface area contributed by atoms with E-state index in [4.69, 9.17) is 16.9 Å². The fourth-order valence-electron chi connectivity index (χ4n) is 1.53. The Morgan fingerprint density at radius 3 is 2.75 bits per heavy atom. The van der Waals surface area contributed by atoms with Crippen molar-refractivity contribution in [1.82, 2.24) is 0 Å². The number of ether oxygens (including phenoxy) is 1. The van der Waals surface area contributed by atoms with Gasteiger partial charge in [-0.3, -0.25) is 4.79 Å². The van der Waals surface area contributed by atoms with E-state index in [0.29, 0.717) is 16.1 Å². The van der Waals surface area contributed by atoms with Gasteiger partial charge in [0.15, 0.2) is 0 Å². The van der Waals surface area contributed by atoms with Crippen LogP contribution < -0.4 is 0 Å². The van der Waals surface area contributed by atoms with Crippen molar-refractivity contribution in [3.63, 3.8) is 0 Å². The number of halogens is 1. The van der Waals surface area contributed by atoms with Crippen molar-refractivity contribution in [1.29, 1.82) is 5.26 Å². The first-order valence-corrected chi connectivity index (χ1v) is 5.29. The highest BCUT2D eigenvalue weighted by Crippen LogP contribution is 2.24. The van der Waals surface area contributed by atoms with Gasteiger partial charge in [0, 0.05) is 0 Å². The van der Waals surface area contributed by atoms with Crippen molar-refractivity contribution in [2.45, 2.75) is 19.8 Å². The summed E-state index contributed by atoms with van der Waals surface area (Å²) in [6.07, 6.45) is 0.835. The summed E-state index contributed by atoms with van der Waals surface area (Å²) < 4.78 is 4.60. The van der Waals surface area contributed by atoms with Crippen LogP contribution in [0, 0.1) is 11.3 Å². The van der Waals surface area contributed by atoms with Gasteiger partial charge in [0.1, 0.15) is 6.07 Å². The quantitative estimate of drug-likeness (QED) is 0.759. The predicted octanol–water partition coefficient (Wildman–Crippen LogP) is 2.49. The van der Waals surface area contributed by atoms with Gasteiger partial charge >= 0.3 is 5.97 Å². The zero-order valence-corrected chi connectivity index (χ0v) is 9.97. The molecule has 0 saturated heterocycles. The van der Waals surface area contributed by atoms with Gasteiger partial charge in [-0.2, -0.15) is 5.26 Å². The highest BCUT2D eigenvalue weighted by Gasteiger charge is 2.14. The van der Waals surface area contributed by atoms with E-state index in [1.165, 1.54) is 7.11 Å². The van der Waals surface area contributed by atoms with Gasteiger partial charge in [-0.25, -0.2) is 0 Å². The van der Waals surface area contributed by atoms with Crippen LogP contribution in [0.4, 0.5) is 0 Å². The highest BCUT2D eigenvalue weighted by atomic mass is 35.5. The van der Waals surface area contributed by atoms with Crippen LogP contribution in [0.25, 0.3) is 0 Å². The van der Waals surface area contributed by atoms with Crippen LogP contribution >= 0.6 is 11.6 Å². The molecule has 0 unspecified atom stereocenters. The highest BCUT2D eigenvalue weighted by molar-refractivity contribution is 6.31. The van der Waals surface area contributed by atoms with E-state index in [1.54, 1.807) is 6.07 Å². The van der Waals surface area contributed by atoms with Crippen molar-refractivity contribution in [2.75, 3.05) is 7.11 Å². The number of esters is 1. The van der Waals surface area contributed by atoms with Gasteiger partial charge in [0.25, 0.3) is 0 Å². The number of rotatable bonds is 3. The third kappa shape index (κ3) is 2.53. The number of aryl methyl sites for hydroxylation is 1. The van der Waals surface area contributed by atoms with Gasteiger partial charge < -0.3 is 4.74 Å². The van der Waals surface area contributed by atoms with Crippen LogP contribution in [-0.2, 0) is 22.4 Å². The molecule has 16 heavy (non-hydrogen) atoms. The molecule has 0 aromatic heterocycles. The molecule has 0 fully saturated rings. The third-order valence-corrected chi connectivity index (χ3v) is 2.72. The molecule has 0 spiro atoms. The van der Waals surface area contributed by atoms with Crippen LogP contribution in [0.2, 0.25) is 5.02 Å². The van der Waals surface area contributed by atoms with Gasteiger partial charge in [-0.1, -0.05) is 24.6 Å². The summed E-state index contributed by atoms with van der Waals surface area (Å²) in [5, 5.41) is 9.39. The first kappa shape index (κ1) is 12.5. The molecule has 4 heteroatoms. The number of carbonyl (C=O) groups is 1. The minimum absolute atomic E-state index is 0.0864. The van der Waals surface area contributed by atoms with Crippen molar-refractivity contribution in [3.05, 3.63) is 33.8 Å². The number of nitriles is 1. The third-order valence-electron chi connectivity index (χ3n) is 2.40. The zero-order valence-electron chi connectivity index (χ0n) is 9.21. The van der Waals surface area contributed by atoms with Crippen LogP contribution in [-0.4, -0.2) is 13.1 Å². The molecular formula is C12H12ClNO2. The Hall–Kier alpha value is -1.53. The lowest BCUT2D eigenvalue weighted by Crippen LogP contribution is -2.09. The van der Waals surface area contributed by atoms with Crippen molar-refractivity contribution in [3.8, 4) is 6.07 Å². The molecule has 0 amide bonds. The van der Waals surface area contributed by atoms with Crippen molar-refractivity contribution in [2.24, 2.45) is 0 Å². The summed E-state index contributed by atoms with van der Waals surface area (Å²) in [4.78, 5) is 11.3. The lowest BCUT2D eigenvalue weighted by Gasteiger charge is -2.10. The molecule has 3 nitrogen and oxygen atoms in total.